The molecule has 0 aliphatic carbocycles. The van der Waals surface area contributed by atoms with Crippen molar-refractivity contribution < 1.29 is 19.4 Å². The van der Waals surface area contributed by atoms with Crippen LogP contribution in [0.4, 0.5) is 0 Å². The van der Waals surface area contributed by atoms with Gasteiger partial charge in [0.15, 0.2) is 11.5 Å². The van der Waals surface area contributed by atoms with E-state index < -0.39 is 11.5 Å². The van der Waals surface area contributed by atoms with Crippen LogP contribution in [-0.4, -0.2) is 49.8 Å². The predicted molar refractivity (Wildman–Crippen MR) is 73.0 cm³/mol. The van der Waals surface area contributed by atoms with Crippen molar-refractivity contribution in [1.82, 2.24) is 4.90 Å². The van der Waals surface area contributed by atoms with Crippen molar-refractivity contribution in [2.24, 2.45) is 0 Å². The minimum absolute atomic E-state index is 0.385. The van der Waals surface area contributed by atoms with Crippen LogP contribution in [0.2, 0.25) is 0 Å². The highest BCUT2D eigenvalue weighted by Crippen LogP contribution is 2.29. The second kappa shape index (κ2) is 5.93. The highest BCUT2D eigenvalue weighted by atomic mass is 16.5. The highest BCUT2D eigenvalue weighted by molar-refractivity contribution is 5.78. The SMILES string of the molecule is COc1ccc(CC(C)(C(=O)O)N(C)C)cc1OC. The summed E-state index contributed by atoms with van der Waals surface area (Å²) in [5.41, 5.74) is -0.0733. The number of likely N-dealkylation sites (N-methyl/N-ethyl adjacent to an activating group) is 1. The number of carboxylic acids is 1. The second-order valence-electron chi connectivity index (χ2n) is 4.84. The van der Waals surface area contributed by atoms with Crippen molar-refractivity contribution in [3.05, 3.63) is 23.8 Å². The summed E-state index contributed by atoms with van der Waals surface area (Å²) >= 11 is 0. The molecule has 5 nitrogen and oxygen atoms in total. The van der Waals surface area contributed by atoms with E-state index in [2.05, 4.69) is 0 Å². The summed E-state index contributed by atoms with van der Waals surface area (Å²) in [6, 6.07) is 5.45. The average molecular weight is 267 g/mol. The number of carboxylic acid groups (broad SMARTS) is 1. The van der Waals surface area contributed by atoms with E-state index in [0.717, 1.165) is 5.56 Å². The number of benzene rings is 1. The maximum atomic E-state index is 11.4. The minimum atomic E-state index is -0.959. The van der Waals surface area contributed by atoms with Crippen LogP contribution >= 0.6 is 0 Å². The van der Waals surface area contributed by atoms with E-state index in [0.29, 0.717) is 17.9 Å². The second-order valence-corrected chi connectivity index (χ2v) is 4.84. The largest absolute Gasteiger partial charge is 0.493 e. The lowest BCUT2D eigenvalue weighted by Gasteiger charge is -2.32. The van der Waals surface area contributed by atoms with Gasteiger partial charge < -0.3 is 14.6 Å². The van der Waals surface area contributed by atoms with Gasteiger partial charge in [-0.15, -0.1) is 0 Å². The summed E-state index contributed by atoms with van der Waals surface area (Å²) in [6.45, 7) is 1.70. The first-order valence-electron chi connectivity index (χ1n) is 5.97. The molecule has 0 spiro atoms. The summed E-state index contributed by atoms with van der Waals surface area (Å²) in [6.07, 6.45) is 0.385. The first kappa shape index (κ1) is 15.3. The van der Waals surface area contributed by atoms with Crippen molar-refractivity contribution in [2.45, 2.75) is 18.9 Å². The van der Waals surface area contributed by atoms with Crippen molar-refractivity contribution in [2.75, 3.05) is 28.3 Å². The van der Waals surface area contributed by atoms with Crippen LogP contribution in [0, 0.1) is 0 Å². The quantitative estimate of drug-likeness (QED) is 0.849. The number of aliphatic carboxylic acids is 1. The molecule has 5 heteroatoms. The Labute approximate surface area is 113 Å². The first-order valence-corrected chi connectivity index (χ1v) is 5.97. The van der Waals surface area contributed by atoms with Gasteiger partial charge in [-0.05, 0) is 38.7 Å². The molecule has 0 bridgehead atoms. The van der Waals surface area contributed by atoms with E-state index in [9.17, 15) is 9.90 Å². The molecule has 1 aromatic carbocycles. The average Bonchev–Trinajstić information content (AvgIpc) is 2.37. The van der Waals surface area contributed by atoms with Crippen molar-refractivity contribution >= 4 is 5.97 Å². The summed E-state index contributed by atoms with van der Waals surface area (Å²) in [4.78, 5) is 13.1. The van der Waals surface area contributed by atoms with Crippen LogP contribution < -0.4 is 9.47 Å². The molecule has 0 saturated carbocycles. The molecule has 106 valence electrons. The first-order chi connectivity index (χ1) is 8.85. The number of ether oxygens (including phenoxy) is 2. The molecule has 0 heterocycles. The van der Waals surface area contributed by atoms with Gasteiger partial charge in [0.1, 0.15) is 5.54 Å². The monoisotopic (exact) mass is 267 g/mol. The summed E-state index contributed by atoms with van der Waals surface area (Å²) in [5.74, 6) is 0.381. The maximum absolute atomic E-state index is 11.4. The predicted octanol–water partition coefficient (Wildman–Crippen LogP) is 1.65. The van der Waals surface area contributed by atoms with Gasteiger partial charge in [0, 0.05) is 6.42 Å². The Morgan fingerprint density at radius 2 is 1.84 bits per heavy atom. The number of carbonyl (C=O) groups is 1. The number of hydrogen-bond donors (Lipinski definition) is 1. The molecule has 0 saturated heterocycles. The van der Waals surface area contributed by atoms with Crippen molar-refractivity contribution in [3.63, 3.8) is 0 Å². The molecule has 0 aromatic heterocycles. The number of nitrogens with zero attached hydrogens (tertiary/aromatic N) is 1. The Morgan fingerprint density at radius 1 is 1.26 bits per heavy atom. The van der Waals surface area contributed by atoms with Gasteiger partial charge in [0.2, 0.25) is 0 Å². The smallest absolute Gasteiger partial charge is 0.324 e. The molecule has 1 N–H and O–H groups in total. The van der Waals surface area contributed by atoms with E-state index in [1.807, 2.05) is 12.1 Å². The third-order valence-corrected chi connectivity index (χ3v) is 3.44. The van der Waals surface area contributed by atoms with Crippen LogP contribution in [0.1, 0.15) is 12.5 Å². The zero-order valence-corrected chi connectivity index (χ0v) is 12.1. The molecule has 0 radical (unpaired) electrons. The van der Waals surface area contributed by atoms with Crippen molar-refractivity contribution in [3.8, 4) is 11.5 Å². The van der Waals surface area contributed by atoms with Gasteiger partial charge in [0.25, 0.3) is 0 Å². The third kappa shape index (κ3) is 3.17. The Hall–Kier alpha value is -1.75. The van der Waals surface area contributed by atoms with E-state index in [1.54, 1.807) is 46.2 Å². The zero-order chi connectivity index (χ0) is 14.6. The molecule has 0 fully saturated rings. The summed E-state index contributed by atoms with van der Waals surface area (Å²) in [7, 11) is 6.65. The third-order valence-electron chi connectivity index (χ3n) is 3.44. The van der Waals surface area contributed by atoms with Gasteiger partial charge in [0.05, 0.1) is 14.2 Å². The zero-order valence-electron chi connectivity index (χ0n) is 12.1. The Kier molecular flexibility index (Phi) is 4.78. The molecule has 0 amide bonds. The fourth-order valence-corrected chi connectivity index (χ4v) is 1.81. The summed E-state index contributed by atoms with van der Waals surface area (Å²) < 4.78 is 10.4. The van der Waals surface area contributed by atoms with Gasteiger partial charge in [-0.1, -0.05) is 6.07 Å². The van der Waals surface area contributed by atoms with Gasteiger partial charge in [-0.25, -0.2) is 0 Å². The van der Waals surface area contributed by atoms with E-state index in [1.165, 1.54) is 0 Å². The van der Waals surface area contributed by atoms with Crippen LogP contribution in [0.5, 0.6) is 11.5 Å². The topological polar surface area (TPSA) is 59.0 Å². The number of rotatable bonds is 6. The minimum Gasteiger partial charge on any atom is -0.493 e. The molecule has 1 rings (SSSR count). The van der Waals surface area contributed by atoms with Crippen LogP contribution in [0.3, 0.4) is 0 Å². The fourth-order valence-electron chi connectivity index (χ4n) is 1.81. The lowest BCUT2D eigenvalue weighted by atomic mass is 9.91. The number of hydrogen-bond acceptors (Lipinski definition) is 4. The van der Waals surface area contributed by atoms with Crippen LogP contribution in [0.25, 0.3) is 0 Å². The maximum Gasteiger partial charge on any atom is 0.324 e. The molecule has 0 aliphatic rings. The number of methoxy groups -OCH3 is 2. The fraction of sp³-hybridized carbons (Fsp3) is 0.500. The van der Waals surface area contributed by atoms with Crippen LogP contribution in [0.15, 0.2) is 18.2 Å². The molecule has 1 atom stereocenters. The highest BCUT2D eigenvalue weighted by Gasteiger charge is 2.35. The molecule has 0 aliphatic heterocycles. The molecular weight excluding hydrogens is 246 g/mol. The van der Waals surface area contributed by atoms with Gasteiger partial charge >= 0.3 is 5.97 Å². The van der Waals surface area contributed by atoms with Crippen molar-refractivity contribution in [1.29, 1.82) is 0 Å². The molecule has 1 unspecified atom stereocenters. The molecule has 19 heavy (non-hydrogen) atoms. The normalized spacial score (nSPS) is 14.0. The summed E-state index contributed by atoms with van der Waals surface area (Å²) in [5, 5.41) is 9.39. The van der Waals surface area contributed by atoms with Crippen LogP contribution in [-0.2, 0) is 11.2 Å². The van der Waals surface area contributed by atoms with Gasteiger partial charge in [-0.2, -0.15) is 0 Å². The van der Waals surface area contributed by atoms with Gasteiger partial charge in [-0.3, -0.25) is 9.69 Å². The van der Waals surface area contributed by atoms with E-state index in [4.69, 9.17) is 9.47 Å². The van der Waals surface area contributed by atoms with E-state index >= 15 is 0 Å². The molecular formula is C14H21NO4. The lowest BCUT2D eigenvalue weighted by Crippen LogP contribution is -2.50. The Bertz CT molecular complexity index is 459. The standard InChI is InChI=1S/C14H21NO4/c1-14(13(16)17,15(2)3)9-10-6-7-11(18-4)12(8-10)19-5/h6-8H,9H2,1-5H3,(H,16,17). The Morgan fingerprint density at radius 3 is 2.26 bits per heavy atom. The Balaban J connectivity index is 3.08. The lowest BCUT2D eigenvalue weighted by molar-refractivity contribution is -0.148. The molecule has 1 aromatic rings. The van der Waals surface area contributed by atoms with E-state index in [-0.39, 0.29) is 0 Å².